The van der Waals surface area contributed by atoms with Gasteiger partial charge in [0.05, 0.1) is 6.61 Å². The van der Waals surface area contributed by atoms with Crippen molar-refractivity contribution in [1.29, 1.82) is 0 Å². The first kappa shape index (κ1) is 20.6. The first-order valence-electron chi connectivity index (χ1n) is 10.0. The lowest BCUT2D eigenvalue weighted by Crippen LogP contribution is -2.63. The van der Waals surface area contributed by atoms with Crippen LogP contribution in [0.4, 0.5) is 0 Å². The summed E-state index contributed by atoms with van der Waals surface area (Å²) in [5, 5.41) is 40.9. The van der Waals surface area contributed by atoms with E-state index in [4.69, 9.17) is 11.2 Å². The largest absolute Gasteiger partial charge is 0.394 e. The molecule has 1 saturated heterocycles. The molecule has 0 aromatic carbocycles. The third kappa shape index (κ3) is 8.00. The SMILES string of the molecule is [2H]C(CCCCCCCCC)CC(=O)NC1O[C@H](CO)[C@@H](O)[C@H](O)[C@H]1O. The van der Waals surface area contributed by atoms with Crippen LogP contribution in [-0.4, -0.2) is 63.6 Å². The molecule has 0 spiro atoms. The molecule has 0 saturated carbocycles. The van der Waals surface area contributed by atoms with Crippen molar-refractivity contribution >= 4 is 5.91 Å². The Hall–Kier alpha value is -0.730. The number of amides is 1. The number of aliphatic hydroxyl groups is 4. The number of ether oxygens (including phenoxy) is 1. The fourth-order valence-electron chi connectivity index (χ4n) is 2.92. The first-order chi connectivity index (χ1) is 12.4. The van der Waals surface area contributed by atoms with E-state index in [0.29, 0.717) is 6.42 Å². The summed E-state index contributed by atoms with van der Waals surface area (Å²) in [6.45, 7) is 1.64. The summed E-state index contributed by atoms with van der Waals surface area (Å²) in [7, 11) is 0. The van der Waals surface area contributed by atoms with Gasteiger partial charge in [-0.3, -0.25) is 4.79 Å². The second kappa shape index (κ2) is 12.6. The number of hydrogen-bond donors (Lipinski definition) is 5. The third-order valence-corrected chi connectivity index (χ3v) is 4.54. The zero-order valence-electron chi connectivity index (χ0n) is 16.1. The fraction of sp³-hybridized carbons (Fsp3) is 0.944. The van der Waals surface area contributed by atoms with Gasteiger partial charge in [0.1, 0.15) is 24.4 Å². The summed E-state index contributed by atoms with van der Waals surface area (Å²) in [6, 6.07) is 0. The molecular formula is C18H35NO6. The lowest BCUT2D eigenvalue weighted by molar-refractivity contribution is -0.236. The Balaban J connectivity index is 2.25. The summed E-state index contributed by atoms with van der Waals surface area (Å²) >= 11 is 0. The summed E-state index contributed by atoms with van der Waals surface area (Å²) < 4.78 is 13.2. The second-order valence-corrected chi connectivity index (χ2v) is 6.72. The van der Waals surface area contributed by atoms with Crippen molar-refractivity contribution in [2.75, 3.05) is 6.61 Å². The molecule has 7 nitrogen and oxygen atoms in total. The van der Waals surface area contributed by atoms with E-state index in [1.54, 1.807) is 0 Å². The lowest BCUT2D eigenvalue weighted by atomic mass is 9.98. The van der Waals surface area contributed by atoms with Crippen LogP contribution in [0.15, 0.2) is 0 Å². The van der Waals surface area contributed by atoms with Crippen LogP contribution in [0.2, 0.25) is 0 Å². The van der Waals surface area contributed by atoms with E-state index in [1.807, 2.05) is 0 Å². The zero-order valence-corrected chi connectivity index (χ0v) is 15.1. The van der Waals surface area contributed by atoms with Crippen LogP contribution < -0.4 is 5.32 Å². The van der Waals surface area contributed by atoms with E-state index in [0.717, 1.165) is 19.3 Å². The Morgan fingerprint density at radius 1 is 1.00 bits per heavy atom. The predicted octanol–water partition coefficient (Wildman–Crippen LogP) is 0.823. The highest BCUT2D eigenvalue weighted by Crippen LogP contribution is 2.20. The molecule has 148 valence electrons. The molecule has 1 aliphatic heterocycles. The molecule has 1 amide bonds. The number of unbranched alkanes of at least 4 members (excludes halogenated alkanes) is 6. The first-order valence-corrected chi connectivity index (χ1v) is 9.42. The van der Waals surface area contributed by atoms with Crippen LogP contribution in [0.1, 0.15) is 72.5 Å². The van der Waals surface area contributed by atoms with Crippen molar-refractivity contribution in [2.45, 2.75) is 102 Å². The highest BCUT2D eigenvalue weighted by Gasteiger charge is 2.43. The van der Waals surface area contributed by atoms with Crippen LogP contribution in [0, 0.1) is 0 Å². The maximum atomic E-state index is 12.0. The van der Waals surface area contributed by atoms with Gasteiger partial charge in [0.15, 0.2) is 6.23 Å². The minimum absolute atomic E-state index is 0.0230. The van der Waals surface area contributed by atoms with Crippen LogP contribution >= 0.6 is 0 Å². The number of carbonyl (C=O) groups excluding carboxylic acids is 1. The Morgan fingerprint density at radius 2 is 1.60 bits per heavy atom. The van der Waals surface area contributed by atoms with E-state index in [-0.39, 0.29) is 6.42 Å². The maximum Gasteiger partial charge on any atom is 0.222 e. The molecule has 6 atom stereocenters. The maximum absolute atomic E-state index is 12.0. The molecule has 5 N–H and O–H groups in total. The zero-order chi connectivity index (χ0) is 19.5. The number of nitrogens with one attached hydrogen (secondary N) is 1. The molecule has 1 aliphatic rings. The molecule has 2 unspecified atom stereocenters. The van der Waals surface area contributed by atoms with Gasteiger partial charge in [-0.25, -0.2) is 0 Å². The van der Waals surface area contributed by atoms with E-state index < -0.39 is 49.6 Å². The van der Waals surface area contributed by atoms with Gasteiger partial charge in [0, 0.05) is 7.79 Å². The Kier molecular flexibility index (Phi) is 10.4. The van der Waals surface area contributed by atoms with Crippen molar-refractivity contribution in [1.82, 2.24) is 5.32 Å². The van der Waals surface area contributed by atoms with Crippen molar-refractivity contribution in [3.63, 3.8) is 0 Å². The molecule has 0 aromatic heterocycles. The van der Waals surface area contributed by atoms with Crippen LogP contribution in [0.5, 0.6) is 0 Å². The molecule has 0 bridgehead atoms. The topological polar surface area (TPSA) is 119 Å². The van der Waals surface area contributed by atoms with Gasteiger partial charge in [0.25, 0.3) is 0 Å². The smallest absolute Gasteiger partial charge is 0.222 e. The Bertz CT molecular complexity index is 398. The number of carbonyl (C=O) groups is 1. The van der Waals surface area contributed by atoms with E-state index in [9.17, 15) is 20.1 Å². The van der Waals surface area contributed by atoms with Gasteiger partial charge in [-0.1, -0.05) is 58.3 Å². The van der Waals surface area contributed by atoms with Crippen molar-refractivity contribution < 1.29 is 31.3 Å². The normalized spacial score (nSPS) is 31.4. The Labute approximate surface area is 151 Å². The monoisotopic (exact) mass is 362 g/mol. The van der Waals surface area contributed by atoms with Crippen LogP contribution in [-0.2, 0) is 9.53 Å². The van der Waals surface area contributed by atoms with E-state index in [2.05, 4.69) is 12.2 Å². The van der Waals surface area contributed by atoms with Gasteiger partial charge < -0.3 is 30.5 Å². The number of aliphatic hydroxyl groups excluding tert-OH is 4. The average molecular weight is 362 g/mol. The molecule has 1 heterocycles. The lowest BCUT2D eigenvalue weighted by Gasteiger charge is -2.40. The van der Waals surface area contributed by atoms with Crippen molar-refractivity contribution in [2.24, 2.45) is 0 Å². The average Bonchev–Trinajstić information content (AvgIpc) is 2.61. The predicted molar refractivity (Wildman–Crippen MR) is 93.8 cm³/mol. The van der Waals surface area contributed by atoms with Gasteiger partial charge in [-0.15, -0.1) is 0 Å². The van der Waals surface area contributed by atoms with Crippen molar-refractivity contribution in [3.05, 3.63) is 0 Å². The second-order valence-electron chi connectivity index (χ2n) is 6.72. The summed E-state index contributed by atoms with van der Waals surface area (Å²) in [5.74, 6) is -0.461. The molecule has 25 heavy (non-hydrogen) atoms. The minimum Gasteiger partial charge on any atom is -0.394 e. The fourth-order valence-corrected chi connectivity index (χ4v) is 2.92. The van der Waals surface area contributed by atoms with Gasteiger partial charge in [-0.2, -0.15) is 0 Å². The molecule has 0 aliphatic carbocycles. The van der Waals surface area contributed by atoms with E-state index >= 15 is 0 Å². The van der Waals surface area contributed by atoms with E-state index in [1.165, 1.54) is 25.7 Å². The minimum atomic E-state index is -1.52. The highest BCUT2D eigenvalue weighted by molar-refractivity contribution is 5.76. The van der Waals surface area contributed by atoms with Gasteiger partial charge in [0.2, 0.25) is 5.91 Å². The number of rotatable bonds is 12. The molecule has 7 heteroatoms. The quantitative estimate of drug-likeness (QED) is 0.328. The van der Waals surface area contributed by atoms with Gasteiger partial charge >= 0.3 is 0 Å². The molecule has 0 radical (unpaired) electrons. The Morgan fingerprint density at radius 3 is 2.20 bits per heavy atom. The van der Waals surface area contributed by atoms with Crippen LogP contribution in [0.25, 0.3) is 0 Å². The highest BCUT2D eigenvalue weighted by atomic mass is 16.6. The molecule has 1 fully saturated rings. The molecule has 0 aromatic rings. The van der Waals surface area contributed by atoms with Crippen LogP contribution in [0.3, 0.4) is 0 Å². The summed E-state index contributed by atoms with van der Waals surface area (Å²) in [4.78, 5) is 12.0. The summed E-state index contributed by atoms with van der Waals surface area (Å²) in [5.41, 5.74) is 0. The summed E-state index contributed by atoms with van der Waals surface area (Å²) in [6.07, 6.45) is 1.41. The molecule has 1 rings (SSSR count). The standard InChI is InChI=1S/C18H35NO6/c1-2-3-4-5-6-7-8-9-10-11-14(21)19-18-17(24)16(23)15(22)13(12-20)25-18/h13,15-18,20,22-24H,2-12H2,1H3,(H,19,21)/t13-,15-,16+,17-,18?/m1/s1/i10D/t10?,13-,15-,16+,17-,18?. The number of hydrogen-bond acceptors (Lipinski definition) is 6. The third-order valence-electron chi connectivity index (χ3n) is 4.54. The van der Waals surface area contributed by atoms with Crippen molar-refractivity contribution in [3.8, 4) is 0 Å². The van der Waals surface area contributed by atoms with Gasteiger partial charge in [-0.05, 0) is 6.40 Å². The molecular weight excluding hydrogens is 326 g/mol.